The van der Waals surface area contributed by atoms with Gasteiger partial charge in [0.1, 0.15) is 17.2 Å². The second-order valence-electron chi connectivity index (χ2n) is 5.74. The summed E-state index contributed by atoms with van der Waals surface area (Å²) >= 11 is 0. The van der Waals surface area contributed by atoms with Gasteiger partial charge in [0.25, 0.3) is 5.91 Å². The van der Waals surface area contributed by atoms with E-state index in [1.807, 2.05) is 0 Å². The molecule has 1 amide bonds. The number of anilines is 1. The van der Waals surface area contributed by atoms with Crippen LogP contribution in [0.5, 0.6) is 0 Å². The molecule has 26 heavy (non-hydrogen) atoms. The van der Waals surface area contributed by atoms with Crippen molar-refractivity contribution in [2.75, 3.05) is 5.32 Å². The Bertz CT molecular complexity index is 996. The molecule has 1 N–H and O–H groups in total. The lowest BCUT2D eigenvalue weighted by Gasteiger charge is -2.13. The van der Waals surface area contributed by atoms with Crippen LogP contribution in [0.3, 0.4) is 0 Å². The number of hydrogen-bond donors (Lipinski definition) is 1. The fourth-order valence-electron chi connectivity index (χ4n) is 2.47. The van der Waals surface area contributed by atoms with E-state index < -0.39 is 29.6 Å². The number of amides is 1. The van der Waals surface area contributed by atoms with E-state index in [-0.39, 0.29) is 11.4 Å². The molecule has 0 fully saturated rings. The number of hydrogen-bond acceptors (Lipinski definition) is 4. The lowest BCUT2D eigenvalue weighted by molar-refractivity contribution is -0.123. The van der Waals surface area contributed by atoms with E-state index in [1.165, 1.54) is 43.3 Å². The molecule has 5 nitrogen and oxygen atoms in total. The first-order chi connectivity index (χ1) is 12.3. The van der Waals surface area contributed by atoms with Gasteiger partial charge in [0.15, 0.2) is 6.10 Å². The Morgan fingerprint density at radius 3 is 2.58 bits per heavy atom. The number of benzene rings is 2. The Kier molecular flexibility index (Phi) is 4.71. The van der Waals surface area contributed by atoms with E-state index in [0.717, 1.165) is 6.07 Å². The molecule has 7 heteroatoms. The summed E-state index contributed by atoms with van der Waals surface area (Å²) in [7, 11) is 0. The molecule has 0 aliphatic heterocycles. The Hall–Kier alpha value is -3.22. The number of carbonyl (C=O) groups is 2. The van der Waals surface area contributed by atoms with Gasteiger partial charge >= 0.3 is 5.97 Å². The molecule has 1 heterocycles. The zero-order valence-corrected chi connectivity index (χ0v) is 14.0. The molecule has 0 spiro atoms. The van der Waals surface area contributed by atoms with Crippen LogP contribution in [0.15, 0.2) is 46.9 Å². The first kappa shape index (κ1) is 17.6. The van der Waals surface area contributed by atoms with Crippen molar-refractivity contribution in [3.8, 4) is 0 Å². The third-order valence-electron chi connectivity index (χ3n) is 3.83. The monoisotopic (exact) mass is 359 g/mol. The number of ether oxygens (including phenoxy) is 1. The summed E-state index contributed by atoms with van der Waals surface area (Å²) in [5.41, 5.74) is 1.00. The predicted octanol–water partition coefficient (Wildman–Crippen LogP) is 4.20. The van der Waals surface area contributed by atoms with Crippen LogP contribution in [0.2, 0.25) is 0 Å². The van der Waals surface area contributed by atoms with Gasteiger partial charge in [-0.15, -0.1) is 0 Å². The Morgan fingerprint density at radius 1 is 1.12 bits per heavy atom. The quantitative estimate of drug-likeness (QED) is 0.709. The van der Waals surface area contributed by atoms with Crippen LogP contribution in [-0.4, -0.2) is 18.0 Å². The number of furan rings is 1. The summed E-state index contributed by atoms with van der Waals surface area (Å²) in [5.74, 6) is -2.53. The van der Waals surface area contributed by atoms with Gasteiger partial charge < -0.3 is 14.5 Å². The molecule has 134 valence electrons. The standard InChI is InChI=1S/C19H15F2NO4/c1-10-15-9-13(21)6-7-16(15)26-17(10)19(24)25-11(2)18(23)22-14-5-3-4-12(20)8-14/h3-9,11H,1-2H3,(H,22,23)/t11-/m0/s1. The van der Waals surface area contributed by atoms with E-state index in [9.17, 15) is 18.4 Å². The number of aryl methyl sites for hydroxylation is 1. The lowest BCUT2D eigenvalue weighted by Crippen LogP contribution is -2.30. The molecule has 1 atom stereocenters. The Labute approximate surface area is 147 Å². The van der Waals surface area contributed by atoms with Crippen LogP contribution < -0.4 is 5.32 Å². The first-order valence-electron chi connectivity index (χ1n) is 7.81. The molecule has 3 aromatic rings. The van der Waals surface area contributed by atoms with Gasteiger partial charge in [-0.25, -0.2) is 13.6 Å². The molecule has 1 aromatic heterocycles. The van der Waals surface area contributed by atoms with Gasteiger partial charge in [-0.1, -0.05) is 6.07 Å². The van der Waals surface area contributed by atoms with Crippen LogP contribution in [0.25, 0.3) is 11.0 Å². The minimum Gasteiger partial charge on any atom is -0.449 e. The maximum absolute atomic E-state index is 13.3. The molecule has 2 aromatic carbocycles. The van der Waals surface area contributed by atoms with E-state index >= 15 is 0 Å². The van der Waals surface area contributed by atoms with E-state index in [0.29, 0.717) is 16.5 Å². The zero-order chi connectivity index (χ0) is 18.8. The summed E-state index contributed by atoms with van der Waals surface area (Å²) in [6, 6.07) is 9.22. The second kappa shape index (κ2) is 6.95. The third kappa shape index (κ3) is 3.56. The van der Waals surface area contributed by atoms with Crippen LogP contribution in [0.4, 0.5) is 14.5 Å². The predicted molar refractivity (Wildman–Crippen MR) is 90.8 cm³/mol. The van der Waals surface area contributed by atoms with Gasteiger partial charge in [0.2, 0.25) is 5.76 Å². The van der Waals surface area contributed by atoms with Crippen LogP contribution in [0, 0.1) is 18.6 Å². The Morgan fingerprint density at radius 2 is 1.85 bits per heavy atom. The molecule has 0 aliphatic rings. The van der Waals surface area contributed by atoms with Crippen molar-refractivity contribution in [3.05, 3.63) is 65.4 Å². The maximum atomic E-state index is 13.3. The van der Waals surface area contributed by atoms with Crippen molar-refractivity contribution in [1.29, 1.82) is 0 Å². The van der Waals surface area contributed by atoms with Gasteiger partial charge in [0.05, 0.1) is 0 Å². The highest BCUT2D eigenvalue weighted by Crippen LogP contribution is 2.26. The normalized spacial score (nSPS) is 12.0. The molecule has 0 saturated heterocycles. The minimum absolute atomic E-state index is 0.101. The molecule has 3 rings (SSSR count). The third-order valence-corrected chi connectivity index (χ3v) is 3.83. The number of esters is 1. The van der Waals surface area contributed by atoms with E-state index in [4.69, 9.17) is 9.15 Å². The maximum Gasteiger partial charge on any atom is 0.375 e. The van der Waals surface area contributed by atoms with Gasteiger partial charge in [-0.3, -0.25) is 4.79 Å². The van der Waals surface area contributed by atoms with Crippen LogP contribution >= 0.6 is 0 Å². The summed E-state index contributed by atoms with van der Waals surface area (Å²) < 4.78 is 37.0. The molecular weight excluding hydrogens is 344 g/mol. The smallest absolute Gasteiger partial charge is 0.375 e. The highest BCUT2D eigenvalue weighted by Gasteiger charge is 2.24. The van der Waals surface area contributed by atoms with E-state index in [1.54, 1.807) is 6.92 Å². The van der Waals surface area contributed by atoms with Crippen molar-refractivity contribution in [3.63, 3.8) is 0 Å². The molecule has 0 aliphatic carbocycles. The summed E-state index contributed by atoms with van der Waals surface area (Å²) in [6.07, 6.45) is -1.14. The van der Waals surface area contributed by atoms with Gasteiger partial charge in [-0.2, -0.15) is 0 Å². The molecule has 0 bridgehead atoms. The van der Waals surface area contributed by atoms with E-state index in [2.05, 4.69) is 5.32 Å². The summed E-state index contributed by atoms with van der Waals surface area (Å²) in [6.45, 7) is 2.98. The fourth-order valence-corrected chi connectivity index (χ4v) is 2.47. The number of carbonyl (C=O) groups excluding carboxylic acids is 2. The number of rotatable bonds is 4. The fraction of sp³-hybridized carbons (Fsp3) is 0.158. The second-order valence-corrected chi connectivity index (χ2v) is 5.74. The van der Waals surface area contributed by atoms with Gasteiger partial charge in [0, 0.05) is 16.6 Å². The van der Waals surface area contributed by atoms with Crippen LogP contribution in [-0.2, 0) is 9.53 Å². The summed E-state index contributed by atoms with van der Waals surface area (Å²) in [5, 5.41) is 2.90. The number of nitrogens with one attached hydrogen (secondary N) is 1. The van der Waals surface area contributed by atoms with Gasteiger partial charge in [-0.05, 0) is 50.2 Å². The number of fused-ring (bicyclic) bond motifs is 1. The highest BCUT2D eigenvalue weighted by molar-refractivity contribution is 5.99. The first-order valence-corrected chi connectivity index (χ1v) is 7.81. The topological polar surface area (TPSA) is 68.5 Å². The van der Waals surface area contributed by atoms with Crippen molar-refractivity contribution < 1.29 is 27.5 Å². The van der Waals surface area contributed by atoms with Crippen molar-refractivity contribution in [2.24, 2.45) is 0 Å². The lowest BCUT2D eigenvalue weighted by atomic mass is 10.1. The van der Waals surface area contributed by atoms with Crippen molar-refractivity contribution in [2.45, 2.75) is 20.0 Å². The minimum atomic E-state index is -1.14. The largest absolute Gasteiger partial charge is 0.449 e. The van der Waals surface area contributed by atoms with Crippen molar-refractivity contribution in [1.82, 2.24) is 0 Å². The Balaban J connectivity index is 1.73. The highest BCUT2D eigenvalue weighted by atomic mass is 19.1. The van der Waals surface area contributed by atoms with Crippen molar-refractivity contribution >= 4 is 28.5 Å². The molecule has 0 radical (unpaired) electrons. The number of halogens is 2. The summed E-state index contributed by atoms with van der Waals surface area (Å²) in [4.78, 5) is 24.4. The molecule has 0 unspecified atom stereocenters. The average Bonchev–Trinajstić information content (AvgIpc) is 2.91. The van der Waals surface area contributed by atoms with Crippen LogP contribution in [0.1, 0.15) is 23.0 Å². The SMILES string of the molecule is Cc1c(C(=O)O[C@@H](C)C(=O)Nc2cccc(F)c2)oc2ccc(F)cc12. The molecule has 0 saturated carbocycles. The zero-order valence-electron chi connectivity index (χ0n) is 14.0. The molecular formula is C19H15F2NO4. The average molecular weight is 359 g/mol.